The molecule has 2 rings (SSSR count). The number of aromatic amines is 1. The number of halogens is 2. The van der Waals surface area contributed by atoms with Crippen LogP contribution >= 0.6 is 0 Å². The Morgan fingerprint density at radius 3 is 2.55 bits per heavy atom. The van der Waals surface area contributed by atoms with E-state index in [2.05, 4.69) is 10.3 Å². The van der Waals surface area contributed by atoms with Gasteiger partial charge in [0.1, 0.15) is 11.6 Å². The van der Waals surface area contributed by atoms with Crippen molar-refractivity contribution in [2.45, 2.75) is 13.5 Å². The van der Waals surface area contributed by atoms with Gasteiger partial charge >= 0.3 is 0 Å². The number of hydrogen-bond donors (Lipinski definition) is 3. The van der Waals surface area contributed by atoms with E-state index in [4.69, 9.17) is 5.41 Å². The molecule has 0 radical (unpaired) electrons. The highest BCUT2D eigenvalue weighted by atomic mass is 19.1. The summed E-state index contributed by atoms with van der Waals surface area (Å²) in [6.45, 7) is 1.36. The molecule has 0 spiro atoms. The molecule has 1 aromatic carbocycles. The van der Waals surface area contributed by atoms with Crippen molar-refractivity contribution < 1.29 is 8.78 Å². The second-order valence-corrected chi connectivity index (χ2v) is 4.27. The second kappa shape index (κ2) is 5.64. The summed E-state index contributed by atoms with van der Waals surface area (Å²) in [4.78, 5) is 14.1. The zero-order valence-corrected chi connectivity index (χ0v) is 10.8. The lowest BCUT2D eigenvalue weighted by atomic mass is 10.1. The summed E-state index contributed by atoms with van der Waals surface area (Å²) in [5.74, 6) is -1.31. The third-order valence-corrected chi connectivity index (χ3v) is 2.85. The van der Waals surface area contributed by atoms with Crippen LogP contribution in [0.1, 0.15) is 18.1 Å². The minimum absolute atomic E-state index is 0.0726. The Hall–Kier alpha value is -2.50. The minimum Gasteiger partial charge on any atom is -0.380 e. The van der Waals surface area contributed by atoms with Gasteiger partial charge in [-0.25, -0.2) is 8.78 Å². The average Bonchev–Trinajstić information content (AvgIpc) is 2.37. The molecule has 0 atom stereocenters. The normalized spacial score (nSPS) is 10.3. The highest BCUT2D eigenvalue weighted by molar-refractivity contribution is 6.00. The van der Waals surface area contributed by atoms with Gasteiger partial charge in [-0.2, -0.15) is 0 Å². The molecule has 0 saturated heterocycles. The van der Waals surface area contributed by atoms with Gasteiger partial charge in [0.15, 0.2) is 0 Å². The predicted molar refractivity (Wildman–Crippen MR) is 73.3 cm³/mol. The van der Waals surface area contributed by atoms with E-state index < -0.39 is 17.2 Å². The van der Waals surface area contributed by atoms with Gasteiger partial charge in [0.05, 0.1) is 11.3 Å². The first-order chi connectivity index (χ1) is 9.50. The lowest BCUT2D eigenvalue weighted by molar-refractivity contribution is 0.560. The van der Waals surface area contributed by atoms with Crippen LogP contribution in [-0.4, -0.2) is 10.7 Å². The molecule has 0 aliphatic heterocycles. The summed E-state index contributed by atoms with van der Waals surface area (Å²) < 4.78 is 27.0. The molecule has 0 unspecified atom stereocenters. The van der Waals surface area contributed by atoms with Crippen LogP contribution < -0.4 is 10.9 Å². The molecular weight excluding hydrogens is 264 g/mol. The summed E-state index contributed by atoms with van der Waals surface area (Å²) in [5, 5.41) is 10.4. The van der Waals surface area contributed by atoms with Crippen molar-refractivity contribution in [2.75, 3.05) is 5.32 Å². The summed E-state index contributed by atoms with van der Waals surface area (Å²) in [6, 6.07) is 5.17. The first kappa shape index (κ1) is 13.9. The van der Waals surface area contributed by atoms with E-state index in [0.29, 0.717) is 5.69 Å². The molecule has 0 saturated carbocycles. The average molecular weight is 277 g/mol. The molecule has 3 N–H and O–H groups in total. The highest BCUT2D eigenvalue weighted by Gasteiger charge is 2.12. The first-order valence-electron chi connectivity index (χ1n) is 5.94. The summed E-state index contributed by atoms with van der Waals surface area (Å²) in [5.41, 5.74) is 0.0642. The maximum absolute atomic E-state index is 13.5. The molecule has 20 heavy (non-hydrogen) atoms. The van der Waals surface area contributed by atoms with Crippen LogP contribution in [0.25, 0.3) is 0 Å². The summed E-state index contributed by atoms with van der Waals surface area (Å²) in [7, 11) is 0. The van der Waals surface area contributed by atoms with E-state index >= 15 is 0 Å². The molecule has 104 valence electrons. The minimum atomic E-state index is -0.657. The lowest BCUT2D eigenvalue weighted by Gasteiger charge is -2.11. The summed E-state index contributed by atoms with van der Waals surface area (Å²) >= 11 is 0. The van der Waals surface area contributed by atoms with E-state index in [1.54, 1.807) is 6.07 Å². The van der Waals surface area contributed by atoms with E-state index in [1.807, 2.05) is 0 Å². The zero-order chi connectivity index (χ0) is 14.7. The van der Waals surface area contributed by atoms with Gasteiger partial charge in [-0.15, -0.1) is 0 Å². The largest absolute Gasteiger partial charge is 0.380 e. The number of nitrogens with one attached hydrogen (secondary N) is 3. The Kier molecular flexibility index (Phi) is 3.93. The Labute approximate surface area is 114 Å². The van der Waals surface area contributed by atoms with Crippen molar-refractivity contribution in [1.82, 2.24) is 4.98 Å². The van der Waals surface area contributed by atoms with Crippen LogP contribution in [0.4, 0.5) is 14.5 Å². The van der Waals surface area contributed by atoms with E-state index in [1.165, 1.54) is 31.3 Å². The maximum atomic E-state index is 13.5. The molecular formula is C14H13F2N3O. The van der Waals surface area contributed by atoms with Gasteiger partial charge in [-0.3, -0.25) is 4.79 Å². The monoisotopic (exact) mass is 277 g/mol. The van der Waals surface area contributed by atoms with Crippen LogP contribution in [0, 0.1) is 17.0 Å². The molecule has 6 heteroatoms. The standard InChI is InChI=1S/C14H13F2N3O/c1-8(17)13-12(5-6-18-14(13)20)19-7-9-10(15)3-2-4-11(9)16/h2-6,17H,7H2,1H3,(H2,18,19,20). The van der Waals surface area contributed by atoms with Crippen molar-refractivity contribution in [3.05, 3.63) is 63.6 Å². The van der Waals surface area contributed by atoms with Crippen LogP contribution in [0.15, 0.2) is 35.3 Å². The smallest absolute Gasteiger partial charge is 0.259 e. The third-order valence-electron chi connectivity index (χ3n) is 2.85. The predicted octanol–water partition coefficient (Wildman–Crippen LogP) is 2.65. The summed E-state index contributed by atoms with van der Waals surface area (Å²) in [6.07, 6.45) is 1.41. The van der Waals surface area contributed by atoms with Crippen molar-refractivity contribution in [3.63, 3.8) is 0 Å². The van der Waals surface area contributed by atoms with Gasteiger partial charge < -0.3 is 15.7 Å². The fourth-order valence-corrected chi connectivity index (χ4v) is 1.88. The van der Waals surface area contributed by atoms with Crippen molar-refractivity contribution in [1.29, 1.82) is 5.41 Å². The maximum Gasteiger partial charge on any atom is 0.259 e. The zero-order valence-electron chi connectivity index (χ0n) is 10.8. The number of H-pyrrole nitrogens is 1. The number of aromatic nitrogens is 1. The quantitative estimate of drug-likeness (QED) is 0.752. The SMILES string of the molecule is CC(=N)c1c(NCc2c(F)cccc2F)cc[nH]c1=O. The second-order valence-electron chi connectivity index (χ2n) is 4.27. The van der Waals surface area contributed by atoms with Gasteiger partial charge in [-0.05, 0) is 25.1 Å². The van der Waals surface area contributed by atoms with E-state index in [9.17, 15) is 13.6 Å². The third kappa shape index (κ3) is 2.74. The molecule has 0 aliphatic rings. The topological polar surface area (TPSA) is 68.7 Å². The van der Waals surface area contributed by atoms with Gasteiger partial charge in [0.2, 0.25) is 0 Å². The Morgan fingerprint density at radius 2 is 1.95 bits per heavy atom. The molecule has 0 bridgehead atoms. The van der Waals surface area contributed by atoms with Gasteiger partial charge in [0.25, 0.3) is 5.56 Å². The Morgan fingerprint density at radius 1 is 1.30 bits per heavy atom. The Balaban J connectivity index is 2.31. The highest BCUT2D eigenvalue weighted by Crippen LogP contribution is 2.16. The van der Waals surface area contributed by atoms with Crippen LogP contribution in [0.3, 0.4) is 0 Å². The fraction of sp³-hybridized carbons (Fsp3) is 0.143. The molecule has 1 heterocycles. The number of rotatable bonds is 4. The van der Waals surface area contributed by atoms with Gasteiger partial charge in [-0.1, -0.05) is 6.07 Å². The van der Waals surface area contributed by atoms with Crippen molar-refractivity contribution >= 4 is 11.4 Å². The van der Waals surface area contributed by atoms with E-state index in [0.717, 1.165) is 0 Å². The van der Waals surface area contributed by atoms with Crippen LogP contribution in [-0.2, 0) is 6.54 Å². The van der Waals surface area contributed by atoms with Crippen LogP contribution in [0.2, 0.25) is 0 Å². The Bertz CT molecular complexity index is 690. The number of anilines is 1. The molecule has 1 aromatic heterocycles. The number of pyridine rings is 1. The van der Waals surface area contributed by atoms with Crippen molar-refractivity contribution in [2.24, 2.45) is 0 Å². The molecule has 0 amide bonds. The molecule has 4 nitrogen and oxygen atoms in total. The van der Waals surface area contributed by atoms with Crippen molar-refractivity contribution in [3.8, 4) is 0 Å². The molecule has 0 aliphatic carbocycles. The first-order valence-corrected chi connectivity index (χ1v) is 5.94. The van der Waals surface area contributed by atoms with Crippen LogP contribution in [0.5, 0.6) is 0 Å². The van der Waals surface area contributed by atoms with Gasteiger partial charge in [0, 0.05) is 24.0 Å². The number of benzene rings is 1. The molecule has 2 aromatic rings. The molecule has 0 fully saturated rings. The lowest BCUT2D eigenvalue weighted by Crippen LogP contribution is -2.19. The van der Waals surface area contributed by atoms with E-state index in [-0.39, 0.29) is 23.4 Å². The fourth-order valence-electron chi connectivity index (χ4n) is 1.88. The number of hydrogen-bond acceptors (Lipinski definition) is 3.